The number of halogens is 1. The van der Waals surface area contributed by atoms with Crippen LogP contribution in [0, 0.1) is 6.92 Å². The summed E-state index contributed by atoms with van der Waals surface area (Å²) >= 11 is 5.87. The van der Waals surface area contributed by atoms with E-state index >= 15 is 0 Å². The van der Waals surface area contributed by atoms with Gasteiger partial charge in [-0.15, -0.1) is 0 Å². The maximum Gasteiger partial charge on any atom is 0.258 e. The molecule has 1 amide bonds. The van der Waals surface area contributed by atoms with Crippen LogP contribution in [0.15, 0.2) is 18.2 Å². The highest BCUT2D eigenvalue weighted by Gasteiger charge is 2.34. The maximum absolute atomic E-state index is 11.9. The van der Waals surface area contributed by atoms with Crippen molar-refractivity contribution in [3.63, 3.8) is 0 Å². The molecule has 5 heteroatoms. The van der Waals surface area contributed by atoms with Crippen LogP contribution in [-0.2, 0) is 4.79 Å². The second-order valence-electron chi connectivity index (χ2n) is 5.39. The standard InChI is InChI=1S/C15H20ClNO3/c1-11-8-12(16)4-5-13(11)20-9-14(19)17-15(10-18)6-2-3-7-15/h4-5,8,18H,2-3,6-7,9-10H2,1H3,(H,17,19). The van der Waals surface area contributed by atoms with Gasteiger partial charge in [0.25, 0.3) is 5.91 Å². The van der Waals surface area contributed by atoms with Crippen molar-refractivity contribution in [2.45, 2.75) is 38.1 Å². The van der Waals surface area contributed by atoms with Gasteiger partial charge in [0.1, 0.15) is 5.75 Å². The van der Waals surface area contributed by atoms with Crippen molar-refractivity contribution in [2.24, 2.45) is 0 Å². The number of aliphatic hydroxyl groups excluding tert-OH is 1. The topological polar surface area (TPSA) is 58.6 Å². The maximum atomic E-state index is 11.9. The smallest absolute Gasteiger partial charge is 0.258 e. The van der Waals surface area contributed by atoms with Crippen LogP contribution in [0.5, 0.6) is 5.75 Å². The van der Waals surface area contributed by atoms with Crippen LogP contribution >= 0.6 is 11.6 Å². The Labute approximate surface area is 124 Å². The van der Waals surface area contributed by atoms with Gasteiger partial charge in [-0.05, 0) is 43.5 Å². The van der Waals surface area contributed by atoms with Crippen LogP contribution in [0.2, 0.25) is 5.02 Å². The van der Waals surface area contributed by atoms with E-state index in [0.717, 1.165) is 31.2 Å². The van der Waals surface area contributed by atoms with Crippen LogP contribution in [0.1, 0.15) is 31.2 Å². The normalized spacial score (nSPS) is 16.9. The molecule has 0 spiro atoms. The first kappa shape index (κ1) is 15.1. The van der Waals surface area contributed by atoms with Gasteiger partial charge >= 0.3 is 0 Å². The summed E-state index contributed by atoms with van der Waals surface area (Å²) in [5.74, 6) is 0.448. The quantitative estimate of drug-likeness (QED) is 0.878. The third-order valence-electron chi connectivity index (χ3n) is 3.76. The Morgan fingerprint density at radius 1 is 1.45 bits per heavy atom. The summed E-state index contributed by atoms with van der Waals surface area (Å²) in [6.45, 7) is 1.81. The minimum Gasteiger partial charge on any atom is -0.484 e. The van der Waals surface area contributed by atoms with Gasteiger partial charge in [0.05, 0.1) is 12.1 Å². The van der Waals surface area contributed by atoms with E-state index in [1.807, 2.05) is 6.92 Å². The van der Waals surface area contributed by atoms with Gasteiger partial charge in [-0.1, -0.05) is 24.4 Å². The fraction of sp³-hybridized carbons (Fsp3) is 0.533. The number of amides is 1. The summed E-state index contributed by atoms with van der Waals surface area (Å²) in [7, 11) is 0. The van der Waals surface area contributed by atoms with Gasteiger partial charge in [0.2, 0.25) is 0 Å². The highest BCUT2D eigenvalue weighted by Crippen LogP contribution is 2.29. The Bertz CT molecular complexity index is 484. The molecule has 1 aromatic carbocycles. The third kappa shape index (κ3) is 3.64. The number of rotatable bonds is 5. The summed E-state index contributed by atoms with van der Waals surface area (Å²) in [5.41, 5.74) is 0.443. The Hall–Kier alpha value is -1.26. The number of aryl methyl sites for hydroxylation is 1. The second-order valence-corrected chi connectivity index (χ2v) is 5.83. The van der Waals surface area contributed by atoms with Gasteiger partial charge in [0, 0.05) is 5.02 Å². The highest BCUT2D eigenvalue weighted by molar-refractivity contribution is 6.30. The number of ether oxygens (including phenoxy) is 1. The van der Waals surface area contributed by atoms with E-state index in [0.29, 0.717) is 10.8 Å². The minimum atomic E-state index is -0.449. The number of aliphatic hydroxyl groups is 1. The first-order chi connectivity index (χ1) is 9.54. The molecule has 0 bridgehead atoms. The molecule has 0 unspecified atom stereocenters. The molecule has 1 saturated carbocycles. The molecular formula is C15H20ClNO3. The van der Waals surface area contributed by atoms with Crippen molar-refractivity contribution >= 4 is 17.5 Å². The number of hydrogen-bond acceptors (Lipinski definition) is 3. The van der Waals surface area contributed by atoms with Gasteiger partial charge in [0.15, 0.2) is 6.61 Å². The summed E-state index contributed by atoms with van der Waals surface area (Å²) in [6, 6.07) is 5.28. The molecule has 1 fully saturated rings. The van der Waals surface area contributed by atoms with Crippen molar-refractivity contribution in [1.82, 2.24) is 5.32 Å². The predicted molar refractivity (Wildman–Crippen MR) is 78.1 cm³/mol. The molecular weight excluding hydrogens is 278 g/mol. The number of hydrogen-bond donors (Lipinski definition) is 2. The number of carbonyl (C=O) groups is 1. The zero-order valence-corrected chi connectivity index (χ0v) is 12.4. The molecule has 1 aliphatic rings. The highest BCUT2D eigenvalue weighted by atomic mass is 35.5. The van der Waals surface area contributed by atoms with Crippen molar-refractivity contribution in [3.8, 4) is 5.75 Å². The lowest BCUT2D eigenvalue weighted by Crippen LogP contribution is -2.50. The summed E-state index contributed by atoms with van der Waals surface area (Å²) in [5, 5.41) is 13.0. The van der Waals surface area contributed by atoms with Crippen LogP contribution < -0.4 is 10.1 Å². The predicted octanol–water partition coefficient (Wildman–Crippen LogP) is 2.45. The molecule has 0 aliphatic heterocycles. The lowest BCUT2D eigenvalue weighted by atomic mass is 9.99. The Morgan fingerprint density at radius 3 is 2.75 bits per heavy atom. The van der Waals surface area contributed by atoms with Gasteiger partial charge in [-0.2, -0.15) is 0 Å². The zero-order valence-electron chi connectivity index (χ0n) is 11.6. The second kappa shape index (κ2) is 6.46. The van der Waals surface area contributed by atoms with E-state index < -0.39 is 5.54 Å². The minimum absolute atomic E-state index is 0.0152. The van der Waals surface area contributed by atoms with Crippen molar-refractivity contribution < 1.29 is 14.6 Å². The van der Waals surface area contributed by atoms with E-state index in [1.54, 1.807) is 18.2 Å². The molecule has 20 heavy (non-hydrogen) atoms. The van der Waals surface area contributed by atoms with Gasteiger partial charge < -0.3 is 15.2 Å². The fourth-order valence-electron chi connectivity index (χ4n) is 2.62. The van der Waals surface area contributed by atoms with Crippen molar-refractivity contribution in [3.05, 3.63) is 28.8 Å². The Kier molecular flexibility index (Phi) is 4.89. The van der Waals surface area contributed by atoms with Gasteiger partial charge in [-0.3, -0.25) is 4.79 Å². The van der Waals surface area contributed by atoms with Crippen molar-refractivity contribution in [1.29, 1.82) is 0 Å². The molecule has 0 radical (unpaired) electrons. The van der Waals surface area contributed by atoms with E-state index in [9.17, 15) is 9.90 Å². The Morgan fingerprint density at radius 2 is 2.15 bits per heavy atom. The van der Waals surface area contributed by atoms with Crippen LogP contribution in [-0.4, -0.2) is 29.8 Å². The summed E-state index contributed by atoms with van der Waals surface area (Å²) in [6.07, 6.45) is 3.74. The largest absolute Gasteiger partial charge is 0.484 e. The van der Waals surface area contributed by atoms with E-state index in [-0.39, 0.29) is 19.1 Å². The van der Waals surface area contributed by atoms with Crippen LogP contribution in [0.4, 0.5) is 0 Å². The fourth-order valence-corrected chi connectivity index (χ4v) is 2.85. The van der Waals surface area contributed by atoms with E-state index in [1.165, 1.54) is 0 Å². The average molecular weight is 298 g/mol. The number of nitrogens with one attached hydrogen (secondary N) is 1. The Balaban J connectivity index is 1.89. The number of benzene rings is 1. The first-order valence-corrected chi connectivity index (χ1v) is 7.23. The molecule has 1 aromatic rings. The molecule has 2 rings (SSSR count). The molecule has 0 atom stereocenters. The molecule has 1 aliphatic carbocycles. The first-order valence-electron chi connectivity index (χ1n) is 6.85. The molecule has 0 heterocycles. The third-order valence-corrected chi connectivity index (χ3v) is 4.00. The van der Waals surface area contributed by atoms with Crippen molar-refractivity contribution in [2.75, 3.05) is 13.2 Å². The summed E-state index contributed by atoms with van der Waals surface area (Å²) in [4.78, 5) is 11.9. The molecule has 4 nitrogen and oxygen atoms in total. The average Bonchev–Trinajstić information content (AvgIpc) is 2.87. The summed E-state index contributed by atoms with van der Waals surface area (Å²) < 4.78 is 5.50. The van der Waals surface area contributed by atoms with Gasteiger partial charge in [-0.25, -0.2) is 0 Å². The molecule has 110 valence electrons. The van der Waals surface area contributed by atoms with E-state index in [4.69, 9.17) is 16.3 Å². The van der Waals surface area contributed by atoms with Crippen LogP contribution in [0.25, 0.3) is 0 Å². The molecule has 0 aromatic heterocycles. The van der Waals surface area contributed by atoms with Crippen LogP contribution in [0.3, 0.4) is 0 Å². The lowest BCUT2D eigenvalue weighted by Gasteiger charge is -2.27. The monoisotopic (exact) mass is 297 g/mol. The zero-order chi connectivity index (χ0) is 14.6. The molecule has 0 saturated heterocycles. The molecule has 2 N–H and O–H groups in total. The SMILES string of the molecule is Cc1cc(Cl)ccc1OCC(=O)NC1(CO)CCCC1. The van der Waals surface area contributed by atoms with E-state index in [2.05, 4.69) is 5.32 Å². The lowest BCUT2D eigenvalue weighted by molar-refractivity contribution is -0.125. The number of carbonyl (C=O) groups excluding carboxylic acids is 1.